The van der Waals surface area contributed by atoms with Crippen LogP contribution in [0.3, 0.4) is 0 Å². The van der Waals surface area contributed by atoms with Gasteiger partial charge in [0.25, 0.3) is 0 Å². The van der Waals surface area contributed by atoms with E-state index in [2.05, 4.69) is 26.8 Å². The molecule has 0 saturated carbocycles. The Balaban J connectivity index is -0.000000289. The van der Waals surface area contributed by atoms with E-state index in [0.29, 0.717) is 0 Å². The monoisotopic (exact) mass is 310 g/mol. The molecule has 1 aromatic carbocycles. The zero-order chi connectivity index (χ0) is 11.4. The number of hydrogen-bond donors (Lipinski definition) is 0. The number of ether oxygens (including phenoxy) is 1. The van der Waals surface area contributed by atoms with Gasteiger partial charge < -0.3 is 11.7 Å². The van der Waals surface area contributed by atoms with E-state index >= 15 is 0 Å². The van der Waals surface area contributed by atoms with Gasteiger partial charge in [0.1, 0.15) is 0 Å². The Bertz CT molecular complexity index is 215. The van der Waals surface area contributed by atoms with Gasteiger partial charge in [-0.2, -0.15) is 24.6 Å². The van der Waals surface area contributed by atoms with E-state index in [1.807, 2.05) is 24.3 Å². The molecule has 0 saturated heterocycles. The van der Waals surface area contributed by atoms with Gasteiger partial charge in [0.15, 0.2) is 0 Å². The number of rotatable bonds is 5. The summed E-state index contributed by atoms with van der Waals surface area (Å²) in [5.74, 6) is 0.848. The second-order valence-electron chi connectivity index (χ2n) is 3.28. The summed E-state index contributed by atoms with van der Waals surface area (Å²) in [4.78, 5) is 0. The molecule has 0 aliphatic carbocycles. The van der Waals surface area contributed by atoms with Crippen LogP contribution in [-0.2, 0) is 0 Å². The van der Waals surface area contributed by atoms with Crippen LogP contribution in [0.1, 0.15) is 39.5 Å². The summed E-state index contributed by atoms with van der Waals surface area (Å²) < 4.78 is 5.39. The number of benzene rings is 1. The Kier molecular flexibility index (Phi) is 24.6. The van der Waals surface area contributed by atoms with Crippen LogP contribution in [0, 0.1) is 13.0 Å². The third kappa shape index (κ3) is 16.3. The first-order valence-electron chi connectivity index (χ1n) is 5.73. The second kappa shape index (κ2) is 18.6. The second-order valence-corrected chi connectivity index (χ2v) is 3.28. The van der Waals surface area contributed by atoms with Crippen LogP contribution in [0.4, 0.5) is 0 Å². The quantitative estimate of drug-likeness (QED) is 0.442. The largest absolute Gasteiger partial charge is 2.00 e. The molecule has 17 heavy (non-hydrogen) atoms. The number of para-hydroxylation sites is 1. The van der Waals surface area contributed by atoms with Crippen LogP contribution >= 0.6 is 17.0 Å². The summed E-state index contributed by atoms with van der Waals surface area (Å²) in [6, 6.07) is 10.7. The van der Waals surface area contributed by atoms with Gasteiger partial charge in [0.05, 0.1) is 6.61 Å². The van der Waals surface area contributed by atoms with Crippen LogP contribution in [0.15, 0.2) is 24.3 Å². The summed E-state index contributed by atoms with van der Waals surface area (Å²) in [5.41, 5.74) is 0. The standard InChI is InChI=1S/C10H13O.C4H9.BrH.Mg/c1-2-3-9-11-10-7-5-4-6-8-10;1-3-4-2;;/h4-7H,2-3,9H2,1H3;1,3-4H2,2H3;1H;/q2*-1;;+2. The molecule has 0 aliphatic heterocycles. The topological polar surface area (TPSA) is 9.23 Å². The van der Waals surface area contributed by atoms with Crippen molar-refractivity contribution in [3.63, 3.8) is 0 Å². The molecule has 1 aromatic rings. The predicted octanol–water partition coefficient (Wildman–Crippen LogP) is 4.48. The van der Waals surface area contributed by atoms with Crippen molar-refractivity contribution < 1.29 is 4.74 Å². The van der Waals surface area contributed by atoms with Crippen LogP contribution in [0.5, 0.6) is 5.75 Å². The summed E-state index contributed by atoms with van der Waals surface area (Å²) >= 11 is 0. The maximum Gasteiger partial charge on any atom is 2.00 e. The van der Waals surface area contributed by atoms with Crippen molar-refractivity contribution in [3.05, 3.63) is 37.3 Å². The molecule has 0 N–H and O–H groups in total. The summed E-state index contributed by atoms with van der Waals surface area (Å²) in [6.07, 6.45) is 4.57. The first-order valence-corrected chi connectivity index (χ1v) is 5.73. The molecular formula is C14H23BrMgO. The molecule has 0 aliphatic rings. The Morgan fingerprint density at radius 3 is 2.29 bits per heavy atom. The summed E-state index contributed by atoms with van der Waals surface area (Å²) in [6.45, 7) is 8.68. The van der Waals surface area contributed by atoms with Crippen molar-refractivity contribution in [2.45, 2.75) is 39.5 Å². The van der Waals surface area contributed by atoms with Crippen LogP contribution in [0.25, 0.3) is 0 Å². The minimum Gasteiger partial charge on any atom is -0.519 e. The predicted molar refractivity (Wildman–Crippen MR) is 82.0 cm³/mol. The van der Waals surface area contributed by atoms with E-state index in [4.69, 9.17) is 4.74 Å². The van der Waals surface area contributed by atoms with E-state index in [1.54, 1.807) is 0 Å². The fourth-order valence-electron chi connectivity index (χ4n) is 0.793. The molecule has 0 fully saturated rings. The third-order valence-electron chi connectivity index (χ3n) is 1.79. The molecule has 0 amide bonds. The van der Waals surface area contributed by atoms with Gasteiger partial charge in [-0.25, -0.2) is 0 Å². The van der Waals surface area contributed by atoms with Crippen molar-refractivity contribution in [2.75, 3.05) is 6.61 Å². The van der Waals surface area contributed by atoms with Crippen LogP contribution < -0.4 is 4.74 Å². The van der Waals surface area contributed by atoms with Gasteiger partial charge in [-0.3, -0.25) is 0 Å². The third-order valence-corrected chi connectivity index (χ3v) is 1.79. The van der Waals surface area contributed by atoms with Crippen molar-refractivity contribution in [1.29, 1.82) is 0 Å². The Labute approximate surface area is 133 Å². The van der Waals surface area contributed by atoms with Crippen molar-refractivity contribution in [1.82, 2.24) is 0 Å². The van der Waals surface area contributed by atoms with Crippen LogP contribution in [0.2, 0.25) is 0 Å². The van der Waals surface area contributed by atoms with Crippen molar-refractivity contribution in [2.24, 2.45) is 0 Å². The molecule has 1 rings (SSSR count). The van der Waals surface area contributed by atoms with E-state index in [1.165, 1.54) is 12.8 Å². The Hall–Kier alpha value is 0.266. The minimum atomic E-state index is 0. The molecule has 0 bridgehead atoms. The van der Waals surface area contributed by atoms with Gasteiger partial charge in [-0.05, 0) is 6.42 Å². The van der Waals surface area contributed by atoms with Gasteiger partial charge >= 0.3 is 23.1 Å². The average Bonchev–Trinajstić information content (AvgIpc) is 2.31. The smallest absolute Gasteiger partial charge is 0.519 e. The zero-order valence-electron chi connectivity index (χ0n) is 11.1. The molecule has 0 atom stereocenters. The molecule has 0 radical (unpaired) electrons. The van der Waals surface area contributed by atoms with E-state index in [0.717, 1.165) is 25.2 Å². The molecular weight excluding hydrogens is 288 g/mol. The Morgan fingerprint density at radius 2 is 1.88 bits per heavy atom. The minimum absolute atomic E-state index is 0. The molecule has 1 nitrogen and oxygen atoms in total. The van der Waals surface area contributed by atoms with Gasteiger partial charge in [-0.15, -0.1) is 29.1 Å². The molecule has 0 spiro atoms. The molecule has 0 aromatic heterocycles. The maximum absolute atomic E-state index is 5.39. The van der Waals surface area contributed by atoms with E-state index < -0.39 is 0 Å². The van der Waals surface area contributed by atoms with Crippen molar-refractivity contribution in [3.8, 4) is 5.75 Å². The van der Waals surface area contributed by atoms with Gasteiger partial charge in [0.2, 0.25) is 0 Å². The average molecular weight is 312 g/mol. The molecule has 3 heteroatoms. The Morgan fingerprint density at radius 1 is 1.24 bits per heavy atom. The van der Waals surface area contributed by atoms with Gasteiger partial charge in [-0.1, -0.05) is 26.7 Å². The van der Waals surface area contributed by atoms with E-state index in [9.17, 15) is 0 Å². The summed E-state index contributed by atoms with van der Waals surface area (Å²) in [5, 5.41) is 0. The zero-order valence-corrected chi connectivity index (χ0v) is 14.2. The SMILES string of the molecule is Br.CCCCOc1[c-]cccc1.[CH2-]CCC.[Mg+2]. The normalized spacial score (nSPS) is 7.94. The number of unbranched alkanes of at least 4 members (excludes halogenated alkanes) is 2. The molecule has 0 unspecified atom stereocenters. The van der Waals surface area contributed by atoms with E-state index in [-0.39, 0.29) is 40.0 Å². The first kappa shape index (κ1) is 22.4. The molecule has 94 valence electrons. The fraction of sp³-hybridized carbons (Fsp3) is 0.500. The maximum atomic E-state index is 5.39. The van der Waals surface area contributed by atoms with Gasteiger partial charge in [0, 0.05) is 5.75 Å². The first-order chi connectivity index (χ1) is 7.35. The molecule has 0 heterocycles. The number of halogens is 1. The van der Waals surface area contributed by atoms with Crippen molar-refractivity contribution >= 4 is 40.0 Å². The number of hydrogen-bond acceptors (Lipinski definition) is 1. The van der Waals surface area contributed by atoms with Crippen LogP contribution in [-0.4, -0.2) is 29.7 Å². The fourth-order valence-corrected chi connectivity index (χ4v) is 0.793. The summed E-state index contributed by atoms with van der Waals surface area (Å²) in [7, 11) is 0.